The maximum absolute atomic E-state index is 14.1. The highest BCUT2D eigenvalue weighted by Gasteiger charge is 2.47. The van der Waals surface area contributed by atoms with Crippen molar-refractivity contribution < 1.29 is 33.1 Å². The molecule has 3 rings (SSSR count). The monoisotopic (exact) mass is 402 g/mol. The second-order valence-corrected chi connectivity index (χ2v) is 6.88. The van der Waals surface area contributed by atoms with E-state index in [4.69, 9.17) is 4.74 Å². The molecule has 0 spiro atoms. The van der Waals surface area contributed by atoms with E-state index in [9.17, 15) is 28.4 Å². The summed E-state index contributed by atoms with van der Waals surface area (Å²) in [5.41, 5.74) is -0.122. The fourth-order valence-electron chi connectivity index (χ4n) is 3.45. The van der Waals surface area contributed by atoms with E-state index in [-0.39, 0.29) is 17.2 Å². The third-order valence-corrected chi connectivity index (χ3v) is 4.84. The van der Waals surface area contributed by atoms with Crippen LogP contribution in [-0.2, 0) is 23.9 Å². The van der Waals surface area contributed by atoms with Crippen molar-refractivity contribution in [1.29, 1.82) is 0 Å². The molecule has 152 valence electrons. The fraction of sp³-hybridized carbons (Fsp3) is 0.350. The summed E-state index contributed by atoms with van der Waals surface area (Å²) in [4.78, 5) is 60.6. The van der Waals surface area contributed by atoms with Gasteiger partial charge >= 0.3 is 5.97 Å². The molecular formula is C20H19FN2O6. The number of nitrogens with one attached hydrogen (secondary N) is 1. The van der Waals surface area contributed by atoms with Crippen LogP contribution in [0.5, 0.6) is 0 Å². The molecule has 1 aromatic carbocycles. The highest BCUT2D eigenvalue weighted by molar-refractivity contribution is 6.07. The molecule has 1 saturated heterocycles. The Bertz CT molecular complexity index is 900. The number of hydrogen-bond donors (Lipinski definition) is 1. The van der Waals surface area contributed by atoms with Crippen LogP contribution in [0, 0.1) is 17.7 Å². The van der Waals surface area contributed by atoms with Gasteiger partial charge in [0.1, 0.15) is 12.4 Å². The lowest BCUT2D eigenvalue weighted by Crippen LogP contribution is -2.37. The predicted octanol–water partition coefficient (Wildman–Crippen LogP) is 1.46. The van der Waals surface area contributed by atoms with Gasteiger partial charge in [0, 0.05) is 12.6 Å². The minimum atomic E-state index is -0.929. The number of carbonyl (C=O) groups excluding carboxylic acids is 5. The van der Waals surface area contributed by atoms with Gasteiger partial charge in [0.05, 0.1) is 17.4 Å². The van der Waals surface area contributed by atoms with Crippen LogP contribution in [0.2, 0.25) is 0 Å². The smallest absolute Gasteiger partial charge is 0.326 e. The normalized spacial score (nSPS) is 20.4. The van der Waals surface area contributed by atoms with Crippen molar-refractivity contribution in [2.45, 2.75) is 19.8 Å². The van der Waals surface area contributed by atoms with Crippen LogP contribution in [0.4, 0.5) is 10.1 Å². The zero-order valence-corrected chi connectivity index (χ0v) is 15.6. The number of amides is 3. The molecule has 3 amide bonds. The Hall–Kier alpha value is -3.36. The van der Waals surface area contributed by atoms with Gasteiger partial charge in [0.2, 0.25) is 23.5 Å². The van der Waals surface area contributed by atoms with Gasteiger partial charge in [-0.1, -0.05) is 12.2 Å². The van der Waals surface area contributed by atoms with Gasteiger partial charge in [-0.2, -0.15) is 0 Å². The summed E-state index contributed by atoms with van der Waals surface area (Å²) in [6, 6.07) is 3.49. The van der Waals surface area contributed by atoms with Crippen molar-refractivity contribution in [3.8, 4) is 0 Å². The Labute approximate surface area is 165 Å². The molecule has 1 aliphatic heterocycles. The first-order chi connectivity index (χ1) is 13.8. The molecule has 0 bridgehead atoms. The van der Waals surface area contributed by atoms with Gasteiger partial charge in [0.15, 0.2) is 6.61 Å². The Kier molecular flexibility index (Phi) is 5.86. The van der Waals surface area contributed by atoms with Crippen molar-refractivity contribution in [3.63, 3.8) is 0 Å². The van der Waals surface area contributed by atoms with E-state index in [1.165, 1.54) is 19.1 Å². The highest BCUT2D eigenvalue weighted by atomic mass is 19.1. The number of Topliss-reactive ketones (excluding diaryl/α,β-unsaturated/α-hetero) is 1. The number of esters is 1. The molecule has 2 atom stereocenters. The second kappa shape index (κ2) is 8.34. The van der Waals surface area contributed by atoms with Crippen LogP contribution in [0.25, 0.3) is 0 Å². The molecule has 0 aromatic heterocycles. The van der Waals surface area contributed by atoms with Gasteiger partial charge in [0.25, 0.3) is 0 Å². The summed E-state index contributed by atoms with van der Waals surface area (Å²) in [5.74, 6) is -4.75. The second-order valence-electron chi connectivity index (χ2n) is 6.88. The summed E-state index contributed by atoms with van der Waals surface area (Å²) in [7, 11) is 0. The number of ether oxygens (including phenoxy) is 1. The number of halogens is 1. The summed E-state index contributed by atoms with van der Waals surface area (Å²) in [6.07, 6.45) is 4.57. The maximum Gasteiger partial charge on any atom is 0.326 e. The lowest BCUT2D eigenvalue weighted by atomic mass is 9.85. The lowest BCUT2D eigenvalue weighted by Gasteiger charge is -2.14. The molecule has 29 heavy (non-hydrogen) atoms. The number of benzene rings is 1. The Morgan fingerprint density at radius 1 is 1.14 bits per heavy atom. The van der Waals surface area contributed by atoms with E-state index < -0.39 is 54.4 Å². The molecule has 0 radical (unpaired) electrons. The number of carbonyl (C=O) groups is 5. The number of likely N-dealkylation sites (tertiary alicyclic amines) is 1. The zero-order valence-electron chi connectivity index (χ0n) is 15.6. The average molecular weight is 402 g/mol. The molecule has 9 heteroatoms. The van der Waals surface area contributed by atoms with Crippen molar-refractivity contribution in [2.24, 2.45) is 11.8 Å². The molecule has 0 unspecified atom stereocenters. The minimum Gasteiger partial charge on any atom is -0.456 e. The van der Waals surface area contributed by atoms with Crippen LogP contribution < -0.4 is 5.32 Å². The van der Waals surface area contributed by atoms with E-state index in [2.05, 4.69) is 5.32 Å². The lowest BCUT2D eigenvalue weighted by molar-refractivity contribution is -0.152. The number of allylic oxidation sites excluding steroid dienone is 2. The first-order valence-electron chi connectivity index (χ1n) is 9.04. The van der Waals surface area contributed by atoms with Gasteiger partial charge in [-0.05, 0) is 31.0 Å². The minimum absolute atomic E-state index is 0.186. The van der Waals surface area contributed by atoms with Gasteiger partial charge in [-0.25, -0.2) is 4.39 Å². The third-order valence-electron chi connectivity index (χ3n) is 4.84. The fourth-order valence-corrected chi connectivity index (χ4v) is 3.45. The molecule has 1 N–H and O–H groups in total. The number of ketones is 1. The molecule has 1 aromatic rings. The number of imide groups is 1. The van der Waals surface area contributed by atoms with Crippen molar-refractivity contribution in [1.82, 2.24) is 4.90 Å². The average Bonchev–Trinajstić information content (AvgIpc) is 2.91. The number of nitrogens with zero attached hydrogens (tertiary/aromatic N) is 1. The Balaban J connectivity index is 1.55. The standard InChI is InChI=1S/C20H19FN2O6/c1-11(24)22-12-6-7-15(16(21)8-12)17(25)10-29-18(26)9-23-19(27)13-4-2-3-5-14(13)20(23)28/h2-3,6-8,13-14H,4-5,9-10H2,1H3,(H,22,24)/t13-,14+. The molecule has 0 saturated carbocycles. The maximum atomic E-state index is 14.1. The van der Waals surface area contributed by atoms with Gasteiger partial charge in [-0.3, -0.25) is 28.9 Å². The van der Waals surface area contributed by atoms with E-state index in [0.717, 1.165) is 11.0 Å². The Morgan fingerprint density at radius 3 is 2.31 bits per heavy atom. The van der Waals surface area contributed by atoms with Gasteiger partial charge < -0.3 is 10.1 Å². The topological polar surface area (TPSA) is 110 Å². The largest absolute Gasteiger partial charge is 0.456 e. The van der Waals surface area contributed by atoms with Crippen LogP contribution in [0.15, 0.2) is 30.4 Å². The van der Waals surface area contributed by atoms with Crippen molar-refractivity contribution >= 4 is 35.2 Å². The highest BCUT2D eigenvalue weighted by Crippen LogP contribution is 2.34. The van der Waals surface area contributed by atoms with E-state index in [0.29, 0.717) is 12.8 Å². The quantitative estimate of drug-likeness (QED) is 0.334. The van der Waals surface area contributed by atoms with Crippen molar-refractivity contribution in [2.75, 3.05) is 18.5 Å². The number of anilines is 1. The molecule has 8 nitrogen and oxygen atoms in total. The number of hydrogen-bond acceptors (Lipinski definition) is 6. The summed E-state index contributed by atoms with van der Waals surface area (Å²) >= 11 is 0. The molecule has 2 aliphatic rings. The molecular weight excluding hydrogens is 383 g/mol. The van der Waals surface area contributed by atoms with E-state index in [1.807, 2.05) is 12.2 Å². The van der Waals surface area contributed by atoms with Crippen LogP contribution in [0.3, 0.4) is 0 Å². The van der Waals surface area contributed by atoms with Crippen LogP contribution in [0.1, 0.15) is 30.1 Å². The first-order valence-corrected chi connectivity index (χ1v) is 9.04. The molecule has 1 aliphatic carbocycles. The predicted molar refractivity (Wildman–Crippen MR) is 98.1 cm³/mol. The summed E-state index contributed by atoms with van der Waals surface area (Å²) in [5, 5.41) is 2.38. The van der Waals surface area contributed by atoms with Crippen molar-refractivity contribution in [3.05, 3.63) is 41.7 Å². The zero-order chi connectivity index (χ0) is 21.1. The van der Waals surface area contributed by atoms with Gasteiger partial charge in [-0.15, -0.1) is 0 Å². The number of rotatable bonds is 6. The molecule has 1 fully saturated rings. The van der Waals surface area contributed by atoms with Crippen LogP contribution >= 0.6 is 0 Å². The SMILES string of the molecule is CC(=O)Nc1ccc(C(=O)COC(=O)CN2C(=O)[C@H]3CC=CC[C@H]3C2=O)c(F)c1. The van der Waals surface area contributed by atoms with Crippen LogP contribution in [-0.4, -0.2) is 47.5 Å². The first kappa shape index (κ1) is 20.4. The third kappa shape index (κ3) is 4.39. The summed E-state index contributed by atoms with van der Waals surface area (Å²) < 4.78 is 18.9. The molecule has 1 heterocycles. The number of fused-ring (bicyclic) bond motifs is 1. The summed E-state index contributed by atoms with van der Waals surface area (Å²) in [6.45, 7) is -0.0561. The van der Waals surface area contributed by atoms with E-state index in [1.54, 1.807) is 0 Å². The Morgan fingerprint density at radius 2 is 1.76 bits per heavy atom. The van der Waals surface area contributed by atoms with E-state index >= 15 is 0 Å².